The Morgan fingerprint density at radius 3 is 2.55 bits per heavy atom. The van der Waals surface area contributed by atoms with Crippen LogP contribution in [-0.4, -0.2) is 13.1 Å². The van der Waals surface area contributed by atoms with E-state index in [4.69, 9.17) is 0 Å². The van der Waals surface area contributed by atoms with Gasteiger partial charge in [-0.15, -0.1) is 0 Å². The molecule has 1 aromatic rings. The van der Waals surface area contributed by atoms with Crippen LogP contribution in [-0.2, 0) is 0 Å². The third-order valence-electron chi connectivity index (χ3n) is 4.09. The van der Waals surface area contributed by atoms with Crippen molar-refractivity contribution < 1.29 is 0 Å². The summed E-state index contributed by atoms with van der Waals surface area (Å²) in [5, 5.41) is 3.46. The number of nitrogens with one attached hydrogen (secondary N) is 1. The fourth-order valence-corrected chi connectivity index (χ4v) is 3.08. The van der Waals surface area contributed by atoms with Gasteiger partial charge in [-0.25, -0.2) is 0 Å². The molecule has 1 aromatic carbocycles. The highest BCUT2D eigenvalue weighted by atomic mass is 14.9. The molecule has 1 fully saturated rings. The molecule has 1 N–H and O–H groups in total. The van der Waals surface area contributed by atoms with Crippen molar-refractivity contribution in [2.45, 2.75) is 25.7 Å². The lowest BCUT2D eigenvalue weighted by atomic mass is 9.76. The van der Waals surface area contributed by atoms with Crippen LogP contribution in [0.25, 0.3) is 0 Å². The van der Waals surface area contributed by atoms with Gasteiger partial charge in [0.15, 0.2) is 0 Å². The number of benzene rings is 1. The van der Waals surface area contributed by atoms with E-state index in [0.717, 1.165) is 13.1 Å². The van der Waals surface area contributed by atoms with E-state index in [2.05, 4.69) is 67.4 Å². The lowest BCUT2D eigenvalue weighted by Crippen LogP contribution is -2.31. The van der Waals surface area contributed by atoms with Gasteiger partial charge >= 0.3 is 0 Å². The van der Waals surface area contributed by atoms with Crippen LogP contribution in [0.3, 0.4) is 0 Å². The molecule has 1 unspecified atom stereocenters. The van der Waals surface area contributed by atoms with Crippen LogP contribution in [0.1, 0.15) is 31.2 Å². The summed E-state index contributed by atoms with van der Waals surface area (Å²) in [5.41, 5.74) is 2.75. The zero-order chi connectivity index (χ0) is 14.2. The molecule has 106 valence electrons. The van der Waals surface area contributed by atoms with E-state index in [1.54, 1.807) is 0 Å². The molecule has 0 bridgehead atoms. The van der Waals surface area contributed by atoms with Gasteiger partial charge in [0.25, 0.3) is 0 Å². The summed E-state index contributed by atoms with van der Waals surface area (Å²) in [4.78, 5) is 0. The maximum atomic E-state index is 4.04. The largest absolute Gasteiger partial charge is 0.317 e. The van der Waals surface area contributed by atoms with Gasteiger partial charge in [-0.05, 0) is 49.9 Å². The highest BCUT2D eigenvalue weighted by Crippen LogP contribution is 2.37. The molecule has 1 atom stereocenters. The molecule has 0 spiro atoms. The molecule has 1 aliphatic heterocycles. The fourth-order valence-electron chi connectivity index (χ4n) is 3.08. The first-order chi connectivity index (χ1) is 9.86. The van der Waals surface area contributed by atoms with Gasteiger partial charge < -0.3 is 5.32 Å². The molecule has 1 nitrogen and oxygen atoms in total. The maximum Gasteiger partial charge on any atom is 0.0118 e. The number of piperidine rings is 1. The molecule has 1 aliphatic rings. The Morgan fingerprint density at radius 2 is 1.95 bits per heavy atom. The van der Waals surface area contributed by atoms with Crippen molar-refractivity contribution in [3.8, 4) is 0 Å². The van der Waals surface area contributed by atoms with Crippen LogP contribution in [0, 0.1) is 5.92 Å². The Morgan fingerprint density at radius 1 is 1.25 bits per heavy atom. The van der Waals surface area contributed by atoms with Crippen LogP contribution in [0.5, 0.6) is 0 Å². The molecule has 20 heavy (non-hydrogen) atoms. The third-order valence-corrected chi connectivity index (χ3v) is 4.09. The second kappa shape index (κ2) is 7.86. The molecule has 0 aromatic heterocycles. The normalized spacial score (nSPS) is 19.1. The summed E-state index contributed by atoms with van der Waals surface area (Å²) in [7, 11) is 0. The second-order valence-electron chi connectivity index (χ2n) is 5.37. The van der Waals surface area contributed by atoms with E-state index in [1.807, 2.05) is 6.08 Å². The highest BCUT2D eigenvalue weighted by molar-refractivity contribution is 5.37. The SMILES string of the molecule is C=C/C(=C\C=C/C)C(c1ccccc1)C1CCNCC1. The van der Waals surface area contributed by atoms with Crippen LogP contribution >= 0.6 is 0 Å². The minimum absolute atomic E-state index is 0.465. The topological polar surface area (TPSA) is 12.0 Å². The lowest BCUT2D eigenvalue weighted by molar-refractivity contribution is 0.342. The van der Waals surface area contributed by atoms with Crippen LogP contribution in [0.15, 0.2) is 66.8 Å². The smallest absolute Gasteiger partial charge is 0.0118 e. The first-order valence-electron chi connectivity index (χ1n) is 7.57. The molecule has 0 radical (unpaired) electrons. The first kappa shape index (κ1) is 14.8. The summed E-state index contributed by atoms with van der Waals surface area (Å²) in [5.74, 6) is 1.17. The lowest BCUT2D eigenvalue weighted by Gasteiger charge is -2.32. The van der Waals surface area contributed by atoms with Gasteiger partial charge in [-0.1, -0.05) is 61.2 Å². The van der Waals surface area contributed by atoms with Gasteiger partial charge in [0.2, 0.25) is 0 Å². The third kappa shape index (κ3) is 3.71. The number of allylic oxidation sites excluding steroid dienone is 5. The van der Waals surface area contributed by atoms with E-state index >= 15 is 0 Å². The maximum absolute atomic E-state index is 4.04. The number of rotatable bonds is 5. The summed E-state index contributed by atoms with van der Waals surface area (Å²) < 4.78 is 0. The summed E-state index contributed by atoms with van der Waals surface area (Å²) >= 11 is 0. The predicted octanol–water partition coefficient (Wildman–Crippen LogP) is 4.46. The van der Waals surface area contributed by atoms with Crippen LogP contribution < -0.4 is 5.32 Å². The molecular weight excluding hydrogens is 242 g/mol. The average molecular weight is 267 g/mol. The van der Waals surface area contributed by atoms with E-state index in [-0.39, 0.29) is 0 Å². The molecule has 1 heteroatoms. The molecule has 0 saturated carbocycles. The van der Waals surface area contributed by atoms with Gasteiger partial charge in [0.1, 0.15) is 0 Å². The van der Waals surface area contributed by atoms with Crippen molar-refractivity contribution >= 4 is 0 Å². The minimum Gasteiger partial charge on any atom is -0.317 e. The standard InChI is InChI=1S/C19H25N/c1-3-5-9-16(4-2)19(17-10-7-6-8-11-17)18-12-14-20-15-13-18/h3-11,18-20H,2,12-15H2,1H3/b5-3-,16-9+. The summed E-state index contributed by atoms with van der Waals surface area (Å²) in [6, 6.07) is 10.9. The highest BCUT2D eigenvalue weighted by Gasteiger charge is 2.26. The van der Waals surface area contributed by atoms with Crippen molar-refractivity contribution in [3.63, 3.8) is 0 Å². The van der Waals surface area contributed by atoms with E-state index in [9.17, 15) is 0 Å². The van der Waals surface area contributed by atoms with Gasteiger partial charge in [-0.3, -0.25) is 0 Å². The number of hydrogen-bond donors (Lipinski definition) is 1. The zero-order valence-electron chi connectivity index (χ0n) is 12.4. The van der Waals surface area contributed by atoms with Crippen molar-refractivity contribution in [3.05, 3.63) is 72.4 Å². The Balaban J connectivity index is 2.34. The molecule has 0 amide bonds. The predicted molar refractivity (Wildman–Crippen MR) is 87.9 cm³/mol. The molecule has 0 aliphatic carbocycles. The quantitative estimate of drug-likeness (QED) is 0.777. The van der Waals surface area contributed by atoms with Crippen molar-refractivity contribution in [1.29, 1.82) is 0 Å². The number of hydrogen-bond acceptors (Lipinski definition) is 1. The van der Waals surface area contributed by atoms with E-state index in [0.29, 0.717) is 11.8 Å². The average Bonchev–Trinajstić information content (AvgIpc) is 2.53. The van der Waals surface area contributed by atoms with Crippen molar-refractivity contribution in [2.24, 2.45) is 5.92 Å². The van der Waals surface area contributed by atoms with E-state index < -0.39 is 0 Å². The molecule has 1 saturated heterocycles. The van der Waals surface area contributed by atoms with Gasteiger partial charge in [-0.2, -0.15) is 0 Å². The second-order valence-corrected chi connectivity index (χ2v) is 5.37. The van der Waals surface area contributed by atoms with Gasteiger partial charge in [0, 0.05) is 5.92 Å². The first-order valence-corrected chi connectivity index (χ1v) is 7.57. The monoisotopic (exact) mass is 267 g/mol. The summed E-state index contributed by atoms with van der Waals surface area (Å²) in [6.07, 6.45) is 10.9. The Hall–Kier alpha value is -1.60. The van der Waals surface area contributed by atoms with Crippen LogP contribution in [0.4, 0.5) is 0 Å². The Kier molecular flexibility index (Phi) is 5.82. The molecular formula is C19H25N. The van der Waals surface area contributed by atoms with Gasteiger partial charge in [0.05, 0.1) is 0 Å². The summed E-state index contributed by atoms with van der Waals surface area (Å²) in [6.45, 7) is 8.35. The fraction of sp³-hybridized carbons (Fsp3) is 0.368. The van der Waals surface area contributed by atoms with Crippen molar-refractivity contribution in [1.82, 2.24) is 5.32 Å². The van der Waals surface area contributed by atoms with E-state index in [1.165, 1.54) is 24.0 Å². The Bertz CT molecular complexity index is 464. The Labute approximate surface area is 123 Å². The minimum atomic E-state index is 0.465. The molecule has 2 rings (SSSR count). The van der Waals surface area contributed by atoms with Crippen molar-refractivity contribution in [2.75, 3.05) is 13.1 Å². The zero-order valence-corrected chi connectivity index (χ0v) is 12.4. The molecule has 1 heterocycles. The van der Waals surface area contributed by atoms with Crippen LogP contribution in [0.2, 0.25) is 0 Å².